The topological polar surface area (TPSA) is 78.5 Å². The van der Waals surface area contributed by atoms with Crippen LogP contribution in [-0.2, 0) is 9.59 Å². The van der Waals surface area contributed by atoms with E-state index >= 15 is 0 Å². The number of imide groups is 1. The van der Waals surface area contributed by atoms with Gasteiger partial charge < -0.3 is 10.6 Å². The van der Waals surface area contributed by atoms with Crippen molar-refractivity contribution in [1.82, 2.24) is 10.2 Å². The normalized spacial score (nSPS) is 25.5. The first-order chi connectivity index (χ1) is 12.5. The van der Waals surface area contributed by atoms with Crippen molar-refractivity contribution >= 4 is 35.3 Å². The fraction of sp³-hybridized carbons (Fsp3) is 0.526. The summed E-state index contributed by atoms with van der Waals surface area (Å²) < 4.78 is 0. The van der Waals surface area contributed by atoms with Gasteiger partial charge in [-0.2, -0.15) is 0 Å². The first kappa shape index (κ1) is 18.8. The van der Waals surface area contributed by atoms with Crippen molar-refractivity contribution in [2.75, 3.05) is 18.1 Å². The van der Waals surface area contributed by atoms with Gasteiger partial charge in [-0.3, -0.25) is 14.5 Å². The van der Waals surface area contributed by atoms with Gasteiger partial charge in [0.25, 0.3) is 5.91 Å². The largest absolute Gasteiger partial charge is 0.325 e. The van der Waals surface area contributed by atoms with Gasteiger partial charge in [0.15, 0.2) is 0 Å². The van der Waals surface area contributed by atoms with Crippen LogP contribution in [0.15, 0.2) is 29.2 Å². The Kier molecular flexibility index (Phi) is 5.55. The number of anilines is 1. The maximum Gasteiger partial charge on any atom is 0.325 e. The molecule has 4 amide bonds. The van der Waals surface area contributed by atoms with E-state index in [-0.39, 0.29) is 18.4 Å². The first-order valence-corrected chi connectivity index (χ1v) is 10.3. The second kappa shape index (κ2) is 7.70. The smallest absolute Gasteiger partial charge is 0.325 e. The highest BCUT2D eigenvalue weighted by Gasteiger charge is 2.52. The van der Waals surface area contributed by atoms with E-state index in [0.717, 1.165) is 29.1 Å². The van der Waals surface area contributed by atoms with E-state index < -0.39 is 11.6 Å². The summed E-state index contributed by atoms with van der Waals surface area (Å²) in [5.74, 6) is -0.0124. The third-order valence-electron chi connectivity index (χ3n) is 5.46. The van der Waals surface area contributed by atoms with Gasteiger partial charge in [-0.15, -0.1) is 11.8 Å². The number of carbonyl (C=O) groups excluding carboxylic acids is 3. The van der Waals surface area contributed by atoms with E-state index in [9.17, 15) is 14.4 Å². The number of rotatable bonds is 5. The van der Waals surface area contributed by atoms with Gasteiger partial charge in [-0.25, -0.2) is 4.79 Å². The molecule has 1 aliphatic carbocycles. The molecule has 0 atom stereocenters. The van der Waals surface area contributed by atoms with Crippen molar-refractivity contribution in [1.29, 1.82) is 0 Å². The Balaban J connectivity index is 1.61. The average Bonchev–Trinajstić information content (AvgIpc) is 2.87. The Morgan fingerprint density at radius 1 is 1.27 bits per heavy atom. The lowest BCUT2D eigenvalue weighted by Crippen LogP contribution is -2.49. The molecule has 3 rings (SSSR count). The van der Waals surface area contributed by atoms with Crippen LogP contribution in [0.25, 0.3) is 0 Å². The van der Waals surface area contributed by atoms with Crippen molar-refractivity contribution in [2.45, 2.75) is 49.5 Å². The Labute approximate surface area is 158 Å². The van der Waals surface area contributed by atoms with Gasteiger partial charge in [0, 0.05) is 10.6 Å². The summed E-state index contributed by atoms with van der Waals surface area (Å²) in [6.07, 6.45) is 6.26. The predicted octanol–water partition coefficient (Wildman–Crippen LogP) is 3.24. The lowest BCUT2D eigenvalue weighted by molar-refractivity contribution is -0.135. The van der Waals surface area contributed by atoms with Crippen molar-refractivity contribution < 1.29 is 14.4 Å². The minimum absolute atomic E-state index is 0.256. The molecule has 2 N–H and O–H groups in total. The van der Waals surface area contributed by atoms with E-state index in [1.54, 1.807) is 11.8 Å². The van der Waals surface area contributed by atoms with Crippen molar-refractivity contribution in [2.24, 2.45) is 5.92 Å². The molecule has 0 aromatic heterocycles. The fourth-order valence-corrected chi connectivity index (χ4v) is 4.16. The summed E-state index contributed by atoms with van der Waals surface area (Å²) in [6, 6.07) is 6.98. The highest BCUT2D eigenvalue weighted by molar-refractivity contribution is 7.98. The molecule has 140 valence electrons. The second-order valence-electron chi connectivity index (χ2n) is 7.03. The molecular weight excluding hydrogens is 350 g/mol. The van der Waals surface area contributed by atoms with Crippen LogP contribution >= 0.6 is 11.8 Å². The van der Waals surface area contributed by atoms with Crippen LogP contribution in [0.5, 0.6) is 0 Å². The zero-order valence-corrected chi connectivity index (χ0v) is 16.0. The van der Waals surface area contributed by atoms with Crippen LogP contribution in [0, 0.1) is 5.92 Å². The highest BCUT2D eigenvalue weighted by Crippen LogP contribution is 2.37. The van der Waals surface area contributed by atoms with Crippen LogP contribution in [0.4, 0.5) is 10.5 Å². The molecular formula is C19H25N3O3S. The standard InChI is InChI=1S/C19H25N3O3S/c1-3-13-8-10-19(11-9-13)17(24)22(18(25)21-19)12-16(23)20-14-4-6-15(26-2)7-5-14/h4-7,13H,3,8-12H2,1-2H3,(H,20,23)(H,21,25). The van der Waals surface area contributed by atoms with Crippen LogP contribution in [-0.4, -0.2) is 41.1 Å². The van der Waals surface area contributed by atoms with E-state index in [0.29, 0.717) is 24.4 Å². The van der Waals surface area contributed by atoms with Gasteiger partial charge in [-0.1, -0.05) is 13.3 Å². The van der Waals surface area contributed by atoms with Gasteiger partial charge in [0.2, 0.25) is 5.91 Å². The molecule has 0 radical (unpaired) electrons. The molecule has 2 fully saturated rings. The third kappa shape index (κ3) is 3.72. The van der Waals surface area contributed by atoms with Crippen LogP contribution in [0.2, 0.25) is 0 Å². The number of nitrogens with zero attached hydrogens (tertiary/aromatic N) is 1. The molecule has 1 saturated heterocycles. The summed E-state index contributed by atoms with van der Waals surface area (Å²) in [7, 11) is 0. The molecule has 0 unspecified atom stereocenters. The molecule has 6 nitrogen and oxygen atoms in total. The zero-order valence-electron chi connectivity index (χ0n) is 15.2. The molecule has 1 spiro atoms. The van der Waals surface area contributed by atoms with Gasteiger partial charge >= 0.3 is 6.03 Å². The van der Waals surface area contributed by atoms with Crippen LogP contribution < -0.4 is 10.6 Å². The molecule has 26 heavy (non-hydrogen) atoms. The molecule has 0 bridgehead atoms. The Morgan fingerprint density at radius 3 is 2.50 bits per heavy atom. The number of hydrogen-bond acceptors (Lipinski definition) is 4. The maximum absolute atomic E-state index is 12.8. The number of amides is 4. The first-order valence-electron chi connectivity index (χ1n) is 9.05. The van der Waals surface area contributed by atoms with E-state index in [2.05, 4.69) is 17.6 Å². The number of urea groups is 1. The van der Waals surface area contributed by atoms with Crippen molar-refractivity contribution in [3.8, 4) is 0 Å². The zero-order chi connectivity index (χ0) is 18.7. The molecule has 1 aromatic rings. The highest BCUT2D eigenvalue weighted by atomic mass is 32.2. The van der Waals surface area contributed by atoms with Crippen LogP contribution in [0.3, 0.4) is 0 Å². The van der Waals surface area contributed by atoms with Gasteiger partial charge in [0.1, 0.15) is 12.1 Å². The van der Waals surface area contributed by atoms with Gasteiger partial charge in [0.05, 0.1) is 0 Å². The lowest BCUT2D eigenvalue weighted by atomic mass is 9.75. The summed E-state index contributed by atoms with van der Waals surface area (Å²) in [4.78, 5) is 39.6. The van der Waals surface area contributed by atoms with Crippen molar-refractivity contribution in [3.05, 3.63) is 24.3 Å². The SMILES string of the molecule is CCC1CCC2(CC1)NC(=O)N(CC(=O)Nc1ccc(SC)cc1)C2=O. The monoisotopic (exact) mass is 375 g/mol. The van der Waals surface area contributed by atoms with E-state index in [4.69, 9.17) is 0 Å². The number of hydrogen-bond donors (Lipinski definition) is 2. The molecule has 1 aliphatic heterocycles. The van der Waals surface area contributed by atoms with Gasteiger partial charge in [-0.05, 0) is 62.1 Å². The molecule has 1 aromatic carbocycles. The number of benzene rings is 1. The lowest BCUT2D eigenvalue weighted by Gasteiger charge is -2.34. The summed E-state index contributed by atoms with van der Waals surface area (Å²) in [6.45, 7) is 1.90. The minimum Gasteiger partial charge on any atom is -0.325 e. The Bertz CT molecular complexity index is 696. The Morgan fingerprint density at radius 2 is 1.92 bits per heavy atom. The minimum atomic E-state index is -0.803. The molecule has 7 heteroatoms. The maximum atomic E-state index is 12.8. The average molecular weight is 375 g/mol. The number of carbonyl (C=O) groups is 3. The van der Waals surface area contributed by atoms with E-state index in [1.807, 2.05) is 30.5 Å². The third-order valence-corrected chi connectivity index (χ3v) is 6.20. The quantitative estimate of drug-likeness (QED) is 0.612. The van der Waals surface area contributed by atoms with Crippen LogP contribution in [0.1, 0.15) is 39.0 Å². The fourth-order valence-electron chi connectivity index (χ4n) is 3.76. The Hall–Kier alpha value is -2.02. The van der Waals surface area contributed by atoms with E-state index in [1.165, 1.54) is 0 Å². The summed E-state index contributed by atoms with van der Waals surface area (Å²) in [5, 5.41) is 5.60. The molecule has 2 aliphatic rings. The predicted molar refractivity (Wildman–Crippen MR) is 102 cm³/mol. The van der Waals surface area contributed by atoms with Crippen molar-refractivity contribution in [3.63, 3.8) is 0 Å². The molecule has 1 heterocycles. The number of thioether (sulfide) groups is 1. The summed E-state index contributed by atoms with van der Waals surface area (Å²) >= 11 is 1.62. The number of nitrogens with one attached hydrogen (secondary N) is 2. The second-order valence-corrected chi connectivity index (χ2v) is 7.91. The summed E-state index contributed by atoms with van der Waals surface area (Å²) in [5.41, 5.74) is -0.152. The molecule has 1 saturated carbocycles.